The Labute approximate surface area is 118 Å². The molecule has 20 heavy (non-hydrogen) atoms. The van der Waals surface area contributed by atoms with Crippen LogP contribution in [0.3, 0.4) is 0 Å². The molecular weight excluding hydrogens is 254 g/mol. The van der Waals surface area contributed by atoms with E-state index in [0.29, 0.717) is 13.0 Å². The lowest BCUT2D eigenvalue weighted by Gasteiger charge is -2.35. The van der Waals surface area contributed by atoms with Crippen LogP contribution in [-0.4, -0.2) is 34.0 Å². The van der Waals surface area contributed by atoms with Gasteiger partial charge in [-0.25, -0.2) is 0 Å². The van der Waals surface area contributed by atoms with Crippen molar-refractivity contribution in [1.29, 1.82) is 0 Å². The summed E-state index contributed by atoms with van der Waals surface area (Å²) in [5.41, 5.74) is 0.934. The number of hydrogen-bond donors (Lipinski definition) is 4. The molecule has 4 N–H and O–H groups in total. The summed E-state index contributed by atoms with van der Waals surface area (Å²) in [4.78, 5) is 0. The predicted molar refractivity (Wildman–Crippen MR) is 76.9 cm³/mol. The third-order valence-electron chi connectivity index (χ3n) is 4.21. The SMILES string of the molecule is Oc1cc2c(cc1O)C(C1(O)C=CC=CC1)CNCC2. The number of allylic oxidation sites excluding steroid dienone is 2. The van der Waals surface area contributed by atoms with Crippen LogP contribution in [0.2, 0.25) is 0 Å². The predicted octanol–water partition coefficient (Wildman–Crippen LogP) is 1.57. The van der Waals surface area contributed by atoms with Gasteiger partial charge in [0.15, 0.2) is 11.5 Å². The molecule has 0 fully saturated rings. The van der Waals surface area contributed by atoms with Crippen molar-refractivity contribution in [2.24, 2.45) is 0 Å². The number of phenols is 2. The number of aromatic hydroxyl groups is 2. The molecule has 0 aromatic heterocycles. The summed E-state index contributed by atoms with van der Waals surface area (Å²) < 4.78 is 0. The molecule has 1 aliphatic carbocycles. The van der Waals surface area contributed by atoms with Gasteiger partial charge < -0.3 is 20.6 Å². The summed E-state index contributed by atoms with van der Waals surface area (Å²) in [6.07, 6.45) is 8.87. The van der Waals surface area contributed by atoms with E-state index in [9.17, 15) is 15.3 Å². The second-order valence-electron chi connectivity index (χ2n) is 5.53. The molecule has 1 aliphatic heterocycles. The average molecular weight is 273 g/mol. The molecule has 1 heterocycles. The molecule has 1 aromatic carbocycles. The van der Waals surface area contributed by atoms with Crippen LogP contribution < -0.4 is 5.32 Å². The summed E-state index contributed by atoms with van der Waals surface area (Å²) in [5.74, 6) is -0.377. The highest BCUT2D eigenvalue weighted by Crippen LogP contribution is 2.40. The fourth-order valence-corrected chi connectivity index (χ4v) is 3.09. The maximum atomic E-state index is 10.9. The minimum atomic E-state index is -0.954. The summed E-state index contributed by atoms with van der Waals surface area (Å²) in [5, 5.41) is 33.7. The largest absolute Gasteiger partial charge is 0.504 e. The van der Waals surface area contributed by atoms with Crippen LogP contribution in [0, 0.1) is 0 Å². The fraction of sp³-hybridized carbons (Fsp3) is 0.375. The van der Waals surface area contributed by atoms with Crippen molar-refractivity contribution in [2.75, 3.05) is 13.1 Å². The number of fused-ring (bicyclic) bond motifs is 1. The van der Waals surface area contributed by atoms with Gasteiger partial charge in [-0.05, 0) is 42.6 Å². The molecule has 0 bridgehead atoms. The second kappa shape index (κ2) is 4.96. The van der Waals surface area contributed by atoms with Gasteiger partial charge in [0.25, 0.3) is 0 Å². The van der Waals surface area contributed by atoms with E-state index < -0.39 is 5.60 Å². The van der Waals surface area contributed by atoms with E-state index in [1.807, 2.05) is 24.3 Å². The van der Waals surface area contributed by atoms with Gasteiger partial charge >= 0.3 is 0 Å². The Morgan fingerprint density at radius 1 is 1.15 bits per heavy atom. The topological polar surface area (TPSA) is 72.7 Å². The Morgan fingerprint density at radius 3 is 2.70 bits per heavy atom. The van der Waals surface area contributed by atoms with Crippen LogP contribution in [0.4, 0.5) is 0 Å². The van der Waals surface area contributed by atoms with E-state index in [4.69, 9.17) is 0 Å². The lowest BCUT2D eigenvalue weighted by molar-refractivity contribution is 0.0625. The monoisotopic (exact) mass is 273 g/mol. The van der Waals surface area contributed by atoms with Gasteiger partial charge in [-0.1, -0.05) is 24.3 Å². The van der Waals surface area contributed by atoms with Crippen LogP contribution in [0.1, 0.15) is 23.5 Å². The Hall–Kier alpha value is -1.78. The molecular formula is C16H19NO3. The summed E-state index contributed by atoms with van der Waals surface area (Å²) in [7, 11) is 0. The maximum Gasteiger partial charge on any atom is 0.157 e. The zero-order chi connectivity index (χ0) is 14.2. The van der Waals surface area contributed by atoms with Crippen molar-refractivity contribution in [3.8, 4) is 11.5 Å². The zero-order valence-corrected chi connectivity index (χ0v) is 11.2. The summed E-state index contributed by atoms with van der Waals surface area (Å²) in [6.45, 7) is 1.44. The molecule has 0 saturated heterocycles. The first-order valence-corrected chi connectivity index (χ1v) is 6.92. The molecule has 2 atom stereocenters. The van der Waals surface area contributed by atoms with E-state index in [0.717, 1.165) is 24.1 Å². The molecule has 2 unspecified atom stereocenters. The van der Waals surface area contributed by atoms with Gasteiger partial charge in [0.1, 0.15) is 0 Å². The Bertz CT molecular complexity index is 579. The number of phenolic OH excluding ortho intramolecular Hbond substituents is 2. The van der Waals surface area contributed by atoms with Crippen molar-refractivity contribution in [1.82, 2.24) is 5.32 Å². The molecule has 0 amide bonds. The third kappa shape index (κ3) is 2.21. The highest BCUT2D eigenvalue weighted by Gasteiger charge is 2.37. The quantitative estimate of drug-likeness (QED) is 0.586. The van der Waals surface area contributed by atoms with Crippen LogP contribution in [0.25, 0.3) is 0 Å². The molecule has 1 aromatic rings. The van der Waals surface area contributed by atoms with E-state index >= 15 is 0 Å². The zero-order valence-electron chi connectivity index (χ0n) is 11.2. The molecule has 0 radical (unpaired) electrons. The molecule has 2 aliphatic rings. The Morgan fingerprint density at radius 2 is 1.95 bits per heavy atom. The minimum Gasteiger partial charge on any atom is -0.504 e. The molecule has 4 heteroatoms. The van der Waals surface area contributed by atoms with Crippen LogP contribution in [-0.2, 0) is 6.42 Å². The molecule has 106 valence electrons. The molecule has 4 nitrogen and oxygen atoms in total. The average Bonchev–Trinajstić information content (AvgIpc) is 2.63. The van der Waals surface area contributed by atoms with Gasteiger partial charge in [-0.15, -0.1) is 0 Å². The molecule has 0 saturated carbocycles. The first-order valence-electron chi connectivity index (χ1n) is 6.92. The van der Waals surface area contributed by atoms with Gasteiger partial charge in [0, 0.05) is 12.5 Å². The molecule has 3 rings (SSSR count). The normalized spacial score (nSPS) is 28.9. The van der Waals surface area contributed by atoms with Crippen molar-refractivity contribution in [3.05, 3.63) is 47.6 Å². The summed E-state index contributed by atoms with van der Waals surface area (Å²) in [6, 6.07) is 3.20. The van der Waals surface area contributed by atoms with Crippen LogP contribution in [0.5, 0.6) is 11.5 Å². The number of rotatable bonds is 1. The van der Waals surface area contributed by atoms with E-state index in [1.54, 1.807) is 12.1 Å². The highest BCUT2D eigenvalue weighted by atomic mass is 16.3. The Balaban J connectivity index is 2.07. The highest BCUT2D eigenvalue weighted by molar-refractivity contribution is 5.49. The minimum absolute atomic E-state index is 0.101. The van der Waals surface area contributed by atoms with Gasteiger partial charge in [-0.3, -0.25) is 0 Å². The second-order valence-corrected chi connectivity index (χ2v) is 5.53. The van der Waals surface area contributed by atoms with Crippen molar-refractivity contribution in [2.45, 2.75) is 24.4 Å². The first-order chi connectivity index (χ1) is 9.60. The van der Waals surface area contributed by atoms with E-state index in [2.05, 4.69) is 5.32 Å². The lowest BCUT2D eigenvalue weighted by Crippen LogP contribution is -2.39. The fourth-order valence-electron chi connectivity index (χ4n) is 3.09. The molecule has 0 spiro atoms. The van der Waals surface area contributed by atoms with Crippen molar-refractivity contribution in [3.63, 3.8) is 0 Å². The smallest absolute Gasteiger partial charge is 0.157 e. The van der Waals surface area contributed by atoms with Crippen LogP contribution in [0.15, 0.2) is 36.4 Å². The van der Waals surface area contributed by atoms with Crippen molar-refractivity contribution < 1.29 is 15.3 Å². The van der Waals surface area contributed by atoms with Crippen molar-refractivity contribution >= 4 is 0 Å². The number of hydrogen-bond acceptors (Lipinski definition) is 4. The lowest BCUT2D eigenvalue weighted by atomic mass is 9.76. The number of benzene rings is 1. The van der Waals surface area contributed by atoms with Gasteiger partial charge in [0.2, 0.25) is 0 Å². The van der Waals surface area contributed by atoms with Crippen LogP contribution >= 0.6 is 0 Å². The van der Waals surface area contributed by atoms with Gasteiger partial charge in [-0.2, -0.15) is 0 Å². The van der Waals surface area contributed by atoms with E-state index in [1.165, 1.54) is 0 Å². The maximum absolute atomic E-state index is 10.9. The number of aliphatic hydroxyl groups is 1. The third-order valence-corrected chi connectivity index (χ3v) is 4.21. The van der Waals surface area contributed by atoms with Gasteiger partial charge in [0.05, 0.1) is 5.60 Å². The van der Waals surface area contributed by atoms with E-state index in [-0.39, 0.29) is 17.4 Å². The standard InChI is InChI=1S/C16H19NO3/c18-14-8-11-4-7-17-10-13(12(11)9-15(14)19)16(20)5-2-1-3-6-16/h1-3,5,8-9,13,17-20H,4,6-7,10H2. The first kappa shape index (κ1) is 13.2. The Kier molecular flexibility index (Phi) is 3.28. The summed E-state index contributed by atoms with van der Waals surface area (Å²) >= 11 is 0. The number of nitrogens with one attached hydrogen (secondary N) is 1.